The van der Waals surface area contributed by atoms with Crippen LogP contribution < -0.4 is 5.56 Å². The first kappa shape index (κ1) is 12.4. The fraction of sp³-hybridized carbons (Fsp3) is 0.538. The Morgan fingerprint density at radius 3 is 3.26 bits per heavy atom. The number of H-pyrrole nitrogens is 1. The van der Waals surface area contributed by atoms with Crippen molar-refractivity contribution in [3.05, 3.63) is 34.4 Å². The summed E-state index contributed by atoms with van der Waals surface area (Å²) in [6, 6.07) is 3.36. The largest absolute Gasteiger partial charge is 0.396 e. The van der Waals surface area contributed by atoms with Crippen LogP contribution in [-0.2, 0) is 6.54 Å². The van der Waals surface area contributed by atoms with Gasteiger partial charge in [-0.1, -0.05) is 0 Å². The van der Waals surface area contributed by atoms with Gasteiger partial charge < -0.3 is 5.11 Å². The lowest BCUT2D eigenvalue weighted by molar-refractivity contribution is 0.115. The normalized spacial score (nSPS) is 21.0. The first-order chi connectivity index (χ1) is 9.26. The van der Waals surface area contributed by atoms with E-state index in [9.17, 15) is 9.90 Å². The van der Waals surface area contributed by atoms with Crippen LogP contribution in [0.25, 0.3) is 5.65 Å². The molecule has 1 saturated heterocycles. The number of nitrogens with one attached hydrogen (secondary N) is 1. The van der Waals surface area contributed by atoms with Gasteiger partial charge in [0.2, 0.25) is 0 Å². The van der Waals surface area contributed by atoms with Crippen LogP contribution in [0.1, 0.15) is 18.5 Å². The zero-order valence-electron chi connectivity index (χ0n) is 10.7. The number of aromatic nitrogens is 3. The highest BCUT2D eigenvalue weighted by Gasteiger charge is 2.19. The number of nitrogens with zero attached hydrogens (tertiary/aromatic N) is 3. The van der Waals surface area contributed by atoms with Gasteiger partial charge in [-0.15, -0.1) is 0 Å². The molecule has 1 atom stereocenters. The maximum atomic E-state index is 11.9. The van der Waals surface area contributed by atoms with E-state index in [1.54, 1.807) is 18.3 Å². The predicted molar refractivity (Wildman–Crippen MR) is 70.9 cm³/mol. The van der Waals surface area contributed by atoms with Crippen LogP contribution in [0.5, 0.6) is 0 Å². The van der Waals surface area contributed by atoms with Gasteiger partial charge in [0.25, 0.3) is 5.56 Å². The third-order valence-electron chi connectivity index (χ3n) is 3.68. The molecule has 0 bridgehead atoms. The first-order valence-corrected chi connectivity index (χ1v) is 6.65. The molecule has 0 radical (unpaired) electrons. The lowest BCUT2D eigenvalue weighted by Gasteiger charge is -2.31. The highest BCUT2D eigenvalue weighted by atomic mass is 16.3. The minimum absolute atomic E-state index is 0.0827. The van der Waals surface area contributed by atoms with Crippen molar-refractivity contribution in [1.82, 2.24) is 19.5 Å². The van der Waals surface area contributed by atoms with Crippen LogP contribution >= 0.6 is 0 Å². The second kappa shape index (κ2) is 5.14. The molecule has 2 aromatic rings. The van der Waals surface area contributed by atoms with Crippen LogP contribution in [0.3, 0.4) is 0 Å². The molecule has 2 N–H and O–H groups in total. The van der Waals surface area contributed by atoms with Crippen LogP contribution in [0.4, 0.5) is 0 Å². The van der Waals surface area contributed by atoms with Crippen molar-refractivity contribution in [2.75, 3.05) is 19.7 Å². The SMILES string of the molecule is O=c1cc(CN2CCCC(CO)C2)nc2cc[nH]n12. The van der Waals surface area contributed by atoms with Crippen molar-refractivity contribution >= 4 is 5.65 Å². The molecule has 3 heterocycles. The Balaban J connectivity index is 1.79. The van der Waals surface area contributed by atoms with Crippen molar-refractivity contribution < 1.29 is 5.11 Å². The van der Waals surface area contributed by atoms with Crippen molar-refractivity contribution in [2.24, 2.45) is 5.92 Å². The summed E-state index contributed by atoms with van der Waals surface area (Å²) in [6.07, 6.45) is 3.88. The fourth-order valence-electron chi connectivity index (χ4n) is 2.73. The Hall–Kier alpha value is -1.66. The third-order valence-corrected chi connectivity index (χ3v) is 3.68. The molecule has 0 aromatic carbocycles. The Labute approximate surface area is 110 Å². The van der Waals surface area contributed by atoms with E-state index in [1.165, 1.54) is 4.52 Å². The fourth-order valence-corrected chi connectivity index (χ4v) is 2.73. The molecule has 2 aromatic heterocycles. The van der Waals surface area contributed by atoms with Gasteiger partial charge in [0, 0.05) is 38.0 Å². The van der Waals surface area contributed by atoms with Gasteiger partial charge in [0.05, 0.1) is 5.69 Å². The summed E-state index contributed by atoms with van der Waals surface area (Å²) in [6.45, 7) is 2.80. The maximum absolute atomic E-state index is 11.9. The van der Waals surface area contributed by atoms with Gasteiger partial charge in [-0.3, -0.25) is 14.8 Å². The number of fused-ring (bicyclic) bond motifs is 1. The molecule has 1 fully saturated rings. The molecule has 3 rings (SSSR count). The van der Waals surface area contributed by atoms with E-state index >= 15 is 0 Å². The zero-order chi connectivity index (χ0) is 13.2. The standard InChI is InChI=1S/C13H18N4O2/c18-9-10-2-1-5-16(7-10)8-11-6-13(19)17-12(15-11)3-4-14-17/h3-4,6,10,14,18H,1-2,5,7-9H2. The smallest absolute Gasteiger partial charge is 0.272 e. The topological polar surface area (TPSA) is 73.6 Å². The van der Waals surface area contributed by atoms with Crippen LogP contribution in [0.2, 0.25) is 0 Å². The molecule has 6 nitrogen and oxygen atoms in total. The number of hydrogen-bond acceptors (Lipinski definition) is 4. The maximum Gasteiger partial charge on any atom is 0.272 e. The molecule has 6 heteroatoms. The van der Waals surface area contributed by atoms with Crippen molar-refractivity contribution in [1.29, 1.82) is 0 Å². The first-order valence-electron chi connectivity index (χ1n) is 6.65. The Bertz CT molecular complexity index is 618. The van der Waals surface area contributed by atoms with Gasteiger partial charge in [-0.25, -0.2) is 9.50 Å². The zero-order valence-corrected chi connectivity index (χ0v) is 10.7. The lowest BCUT2D eigenvalue weighted by Crippen LogP contribution is -2.36. The van der Waals surface area contributed by atoms with Crippen molar-refractivity contribution in [3.8, 4) is 0 Å². The van der Waals surface area contributed by atoms with E-state index in [2.05, 4.69) is 15.0 Å². The van der Waals surface area contributed by atoms with Crippen LogP contribution in [-0.4, -0.2) is 44.3 Å². The monoisotopic (exact) mass is 262 g/mol. The van der Waals surface area contributed by atoms with Gasteiger partial charge in [0.1, 0.15) is 0 Å². The molecule has 0 aliphatic carbocycles. The Morgan fingerprint density at radius 2 is 2.42 bits per heavy atom. The van der Waals surface area contributed by atoms with Gasteiger partial charge >= 0.3 is 0 Å². The summed E-state index contributed by atoms with van der Waals surface area (Å²) < 4.78 is 1.43. The molecule has 1 unspecified atom stereocenters. The highest BCUT2D eigenvalue weighted by molar-refractivity contribution is 5.36. The molecule has 0 saturated carbocycles. The summed E-state index contributed by atoms with van der Waals surface area (Å²) in [5.41, 5.74) is 1.36. The van der Waals surface area contributed by atoms with E-state index < -0.39 is 0 Å². The van der Waals surface area contributed by atoms with Gasteiger partial charge in [-0.2, -0.15) is 0 Å². The minimum Gasteiger partial charge on any atom is -0.396 e. The van der Waals surface area contributed by atoms with Crippen LogP contribution in [0, 0.1) is 5.92 Å². The second-order valence-corrected chi connectivity index (χ2v) is 5.17. The quantitative estimate of drug-likeness (QED) is 0.830. The molecule has 19 heavy (non-hydrogen) atoms. The second-order valence-electron chi connectivity index (χ2n) is 5.17. The van der Waals surface area contributed by atoms with Crippen molar-refractivity contribution in [2.45, 2.75) is 19.4 Å². The molecular formula is C13H18N4O2. The van der Waals surface area contributed by atoms with Gasteiger partial charge in [0.15, 0.2) is 5.65 Å². The molecule has 102 valence electrons. The minimum atomic E-state index is -0.0827. The van der Waals surface area contributed by atoms with Gasteiger partial charge in [-0.05, 0) is 25.3 Å². The van der Waals surface area contributed by atoms with E-state index in [0.717, 1.165) is 31.6 Å². The summed E-state index contributed by atoms with van der Waals surface area (Å²) >= 11 is 0. The molecule has 1 aliphatic heterocycles. The Kier molecular flexibility index (Phi) is 3.35. The van der Waals surface area contributed by atoms with Crippen LogP contribution in [0.15, 0.2) is 23.1 Å². The average Bonchev–Trinajstić information content (AvgIpc) is 2.88. The molecule has 1 aliphatic rings. The number of aliphatic hydroxyl groups excluding tert-OH is 1. The number of aromatic amines is 1. The lowest BCUT2D eigenvalue weighted by atomic mass is 9.99. The van der Waals surface area contributed by atoms with E-state index in [-0.39, 0.29) is 12.2 Å². The molecule has 0 spiro atoms. The molecular weight excluding hydrogens is 244 g/mol. The van der Waals surface area contributed by atoms with E-state index in [4.69, 9.17) is 0 Å². The predicted octanol–water partition coefficient (Wildman–Crippen LogP) is 0.227. The summed E-state index contributed by atoms with van der Waals surface area (Å²) in [4.78, 5) is 18.6. The summed E-state index contributed by atoms with van der Waals surface area (Å²) in [5.74, 6) is 0.353. The number of rotatable bonds is 3. The van der Waals surface area contributed by atoms with E-state index in [0.29, 0.717) is 18.1 Å². The average molecular weight is 262 g/mol. The number of hydrogen-bond donors (Lipinski definition) is 2. The highest BCUT2D eigenvalue weighted by Crippen LogP contribution is 2.17. The number of piperidine rings is 1. The summed E-state index contributed by atoms with van der Waals surface area (Å²) in [5, 5.41) is 12.1. The summed E-state index contributed by atoms with van der Waals surface area (Å²) in [7, 11) is 0. The number of aliphatic hydroxyl groups is 1. The molecule has 0 amide bonds. The third kappa shape index (κ3) is 2.54. The van der Waals surface area contributed by atoms with Crippen molar-refractivity contribution in [3.63, 3.8) is 0 Å². The Morgan fingerprint density at radius 1 is 1.53 bits per heavy atom. The van der Waals surface area contributed by atoms with E-state index in [1.807, 2.05) is 0 Å². The number of likely N-dealkylation sites (tertiary alicyclic amines) is 1.